The van der Waals surface area contributed by atoms with E-state index in [1.807, 2.05) is 63.2 Å². The van der Waals surface area contributed by atoms with E-state index in [1.54, 1.807) is 43.9 Å². The first-order chi connectivity index (χ1) is 19.3. The van der Waals surface area contributed by atoms with Crippen LogP contribution in [-0.4, -0.2) is 45.6 Å². The minimum atomic E-state index is -1.12. The van der Waals surface area contributed by atoms with E-state index < -0.39 is 29.7 Å². The number of aromatic hydroxyl groups is 1. The van der Waals surface area contributed by atoms with E-state index in [9.17, 15) is 19.5 Å². The lowest BCUT2D eigenvalue weighted by Crippen LogP contribution is -2.53. The number of hydrogen-bond donors (Lipinski definition) is 3. The molecule has 8 heteroatoms. The molecule has 0 aliphatic heterocycles. The molecule has 4 atom stereocenters. The first kappa shape index (κ1) is 29.9. The van der Waals surface area contributed by atoms with E-state index in [0.29, 0.717) is 24.1 Å². The maximum absolute atomic E-state index is 14.4. The number of amides is 3. The van der Waals surface area contributed by atoms with E-state index in [2.05, 4.69) is 10.6 Å². The maximum Gasteiger partial charge on any atom is 0.408 e. The minimum absolute atomic E-state index is 0.0763. The fourth-order valence-corrected chi connectivity index (χ4v) is 5.11. The first-order valence-electron chi connectivity index (χ1n) is 14.2. The number of phenolic OH excluding ortho intramolecular Hbond substituents is 1. The molecule has 0 bridgehead atoms. The van der Waals surface area contributed by atoms with Gasteiger partial charge in [0.25, 0.3) is 5.91 Å². The molecule has 4 rings (SSSR count). The third kappa shape index (κ3) is 7.57. The predicted molar refractivity (Wildman–Crippen MR) is 160 cm³/mol. The highest BCUT2D eigenvalue weighted by Crippen LogP contribution is 2.43. The Bertz CT molecular complexity index is 1410. The predicted octanol–water partition coefficient (Wildman–Crippen LogP) is 6.40. The van der Waals surface area contributed by atoms with E-state index in [4.69, 9.17) is 4.74 Å². The maximum atomic E-state index is 14.4. The molecule has 0 spiro atoms. The molecule has 0 heterocycles. The minimum Gasteiger partial charge on any atom is -0.508 e. The van der Waals surface area contributed by atoms with Gasteiger partial charge in [-0.15, -0.1) is 0 Å². The SMILES string of the molecule is CC(C)CC(NC(=O)OC(C)(C)C)C(=O)N(C(C(=O)Nc1ccc2ccccc2c1)c1ccccc1O)C1CC1C. The lowest BCUT2D eigenvalue weighted by atomic mass is 9.98. The number of benzene rings is 3. The van der Waals surface area contributed by atoms with Crippen molar-refractivity contribution in [1.82, 2.24) is 10.2 Å². The third-order valence-corrected chi connectivity index (χ3v) is 7.15. The lowest BCUT2D eigenvalue weighted by Gasteiger charge is -2.35. The summed E-state index contributed by atoms with van der Waals surface area (Å²) in [6.07, 6.45) is 0.370. The second-order valence-electron chi connectivity index (χ2n) is 12.4. The van der Waals surface area contributed by atoms with Crippen LogP contribution in [0.4, 0.5) is 10.5 Å². The Morgan fingerprint density at radius 2 is 1.63 bits per heavy atom. The summed E-state index contributed by atoms with van der Waals surface area (Å²) in [5.41, 5.74) is 0.160. The molecule has 3 aromatic rings. The van der Waals surface area contributed by atoms with Crippen LogP contribution in [0.25, 0.3) is 10.8 Å². The number of fused-ring (bicyclic) bond motifs is 1. The largest absolute Gasteiger partial charge is 0.508 e. The number of rotatable bonds is 9. The molecule has 3 amide bonds. The molecule has 0 radical (unpaired) electrons. The summed E-state index contributed by atoms with van der Waals surface area (Å²) in [6.45, 7) is 11.2. The van der Waals surface area contributed by atoms with Crippen LogP contribution in [0.15, 0.2) is 66.7 Å². The Morgan fingerprint density at radius 1 is 1.00 bits per heavy atom. The number of carbonyl (C=O) groups excluding carboxylic acids is 3. The van der Waals surface area contributed by atoms with Crippen molar-refractivity contribution in [3.63, 3.8) is 0 Å². The number of anilines is 1. The number of nitrogens with zero attached hydrogens (tertiary/aromatic N) is 1. The summed E-state index contributed by atoms with van der Waals surface area (Å²) in [5, 5.41) is 18.6. The summed E-state index contributed by atoms with van der Waals surface area (Å²) in [7, 11) is 0. The lowest BCUT2D eigenvalue weighted by molar-refractivity contribution is -0.142. The van der Waals surface area contributed by atoms with Crippen LogP contribution in [-0.2, 0) is 14.3 Å². The van der Waals surface area contributed by atoms with E-state index >= 15 is 0 Å². The molecule has 3 aromatic carbocycles. The van der Waals surface area contributed by atoms with Crippen molar-refractivity contribution >= 4 is 34.4 Å². The average Bonchev–Trinajstić information content (AvgIpc) is 3.61. The molecule has 1 aliphatic rings. The number of phenols is 1. The molecule has 0 aromatic heterocycles. The number of hydrogen-bond acceptors (Lipinski definition) is 5. The van der Waals surface area contributed by atoms with Crippen molar-refractivity contribution < 1.29 is 24.2 Å². The summed E-state index contributed by atoms with van der Waals surface area (Å²) >= 11 is 0. The zero-order valence-corrected chi connectivity index (χ0v) is 24.7. The van der Waals surface area contributed by atoms with Crippen LogP contribution in [0.3, 0.4) is 0 Å². The normalized spacial score (nSPS) is 17.9. The topological polar surface area (TPSA) is 108 Å². The van der Waals surface area contributed by atoms with Gasteiger partial charge in [-0.3, -0.25) is 9.59 Å². The second-order valence-corrected chi connectivity index (χ2v) is 12.4. The van der Waals surface area contributed by atoms with Crippen LogP contribution in [0.5, 0.6) is 5.75 Å². The smallest absolute Gasteiger partial charge is 0.408 e. The molecule has 218 valence electrons. The molecule has 8 nitrogen and oxygen atoms in total. The van der Waals surface area contributed by atoms with Crippen molar-refractivity contribution in [2.45, 2.75) is 78.1 Å². The highest BCUT2D eigenvalue weighted by Gasteiger charge is 2.48. The van der Waals surface area contributed by atoms with Gasteiger partial charge < -0.3 is 25.4 Å². The van der Waals surface area contributed by atoms with Crippen LogP contribution in [0.1, 0.15) is 66.0 Å². The van der Waals surface area contributed by atoms with Crippen molar-refractivity contribution in [3.8, 4) is 5.75 Å². The van der Waals surface area contributed by atoms with Gasteiger partial charge in [0, 0.05) is 17.3 Å². The van der Waals surface area contributed by atoms with Gasteiger partial charge >= 0.3 is 6.09 Å². The molecule has 1 saturated carbocycles. The molecular formula is C33H41N3O5. The third-order valence-electron chi connectivity index (χ3n) is 7.15. The van der Waals surface area contributed by atoms with Gasteiger partial charge in [0.1, 0.15) is 23.4 Å². The number of nitrogens with one attached hydrogen (secondary N) is 2. The van der Waals surface area contributed by atoms with Crippen molar-refractivity contribution in [2.75, 3.05) is 5.32 Å². The van der Waals surface area contributed by atoms with Gasteiger partial charge in [-0.05, 0) is 74.4 Å². The summed E-state index contributed by atoms with van der Waals surface area (Å²) < 4.78 is 5.46. The monoisotopic (exact) mass is 559 g/mol. The van der Waals surface area contributed by atoms with Gasteiger partial charge in [-0.25, -0.2) is 4.79 Å². The second kappa shape index (κ2) is 12.2. The van der Waals surface area contributed by atoms with Crippen LogP contribution < -0.4 is 10.6 Å². The Kier molecular flexibility index (Phi) is 8.90. The molecular weight excluding hydrogens is 518 g/mol. The van der Waals surface area contributed by atoms with Gasteiger partial charge in [0.2, 0.25) is 5.91 Å². The van der Waals surface area contributed by atoms with Crippen LogP contribution >= 0.6 is 0 Å². The van der Waals surface area contributed by atoms with Gasteiger partial charge in [0.05, 0.1) is 0 Å². The Morgan fingerprint density at radius 3 is 2.24 bits per heavy atom. The zero-order valence-electron chi connectivity index (χ0n) is 24.7. The highest BCUT2D eigenvalue weighted by molar-refractivity contribution is 6.01. The average molecular weight is 560 g/mol. The standard InChI is InChI=1S/C33H41N3O5/c1-20(2)17-26(35-32(40)41-33(4,5)6)31(39)36(27-18-21(27)3)29(25-13-9-10-14-28(25)37)30(38)34-24-16-15-22-11-7-8-12-23(22)19-24/h7-16,19-21,26-27,29,37H,17-18H2,1-6H3,(H,34,38)(H,35,40). The summed E-state index contributed by atoms with van der Waals surface area (Å²) in [6, 6.07) is 17.8. The Hall–Kier alpha value is -4.07. The van der Waals surface area contributed by atoms with Crippen molar-refractivity contribution in [1.29, 1.82) is 0 Å². The molecule has 41 heavy (non-hydrogen) atoms. The van der Waals surface area contributed by atoms with Crippen molar-refractivity contribution in [2.24, 2.45) is 11.8 Å². The molecule has 0 saturated heterocycles. The Labute approximate surface area is 242 Å². The number of alkyl carbamates (subject to hydrolysis) is 1. The highest BCUT2D eigenvalue weighted by atomic mass is 16.6. The Balaban J connectivity index is 1.72. The molecule has 3 N–H and O–H groups in total. The summed E-state index contributed by atoms with van der Waals surface area (Å²) in [5.74, 6) is -0.692. The van der Waals surface area contributed by atoms with Crippen LogP contribution in [0.2, 0.25) is 0 Å². The molecule has 4 unspecified atom stereocenters. The first-order valence-corrected chi connectivity index (χ1v) is 14.2. The molecule has 1 aliphatic carbocycles. The molecule has 1 fully saturated rings. The van der Waals surface area contributed by atoms with E-state index in [-0.39, 0.29) is 29.5 Å². The number of para-hydroxylation sites is 1. The summed E-state index contributed by atoms with van der Waals surface area (Å²) in [4.78, 5) is 42.8. The van der Waals surface area contributed by atoms with E-state index in [1.165, 1.54) is 6.07 Å². The fraction of sp³-hybridized carbons (Fsp3) is 0.424. The number of ether oxygens (including phenoxy) is 1. The van der Waals surface area contributed by atoms with Gasteiger partial charge in [0.15, 0.2) is 0 Å². The zero-order chi connectivity index (χ0) is 29.9. The number of carbonyl (C=O) groups is 3. The quantitative estimate of drug-likeness (QED) is 0.281. The van der Waals surface area contributed by atoms with Crippen LogP contribution in [0, 0.1) is 11.8 Å². The van der Waals surface area contributed by atoms with Crippen molar-refractivity contribution in [3.05, 3.63) is 72.3 Å². The van der Waals surface area contributed by atoms with Gasteiger partial charge in [-0.1, -0.05) is 69.3 Å². The van der Waals surface area contributed by atoms with E-state index in [0.717, 1.165) is 10.8 Å². The van der Waals surface area contributed by atoms with Gasteiger partial charge in [-0.2, -0.15) is 0 Å². The fourth-order valence-electron chi connectivity index (χ4n) is 5.11.